The molecule has 4 heteroatoms. The van der Waals surface area contributed by atoms with Crippen LogP contribution in [-0.4, -0.2) is 23.6 Å². The van der Waals surface area contributed by atoms with E-state index in [1.807, 2.05) is 53.5 Å². The molecule has 0 bridgehead atoms. The van der Waals surface area contributed by atoms with Crippen LogP contribution in [0, 0.1) is 0 Å². The summed E-state index contributed by atoms with van der Waals surface area (Å²) in [6, 6.07) is 20.3. The Morgan fingerprint density at radius 2 is 1.73 bits per heavy atom. The molecule has 2 aromatic rings. The zero-order chi connectivity index (χ0) is 15.4. The lowest BCUT2D eigenvalue weighted by atomic mass is 10.2. The van der Waals surface area contributed by atoms with Crippen molar-refractivity contribution in [2.75, 3.05) is 11.6 Å². The van der Waals surface area contributed by atoms with Gasteiger partial charge in [0.1, 0.15) is 6.17 Å². The first-order chi connectivity index (χ1) is 10.8. The Kier molecular flexibility index (Phi) is 4.39. The standard InChI is InChI=1S/C18H21N3O/c1-15(22)21-18(19-14-16-8-4-2-5-9-16)12-13-20(21)17-10-6-3-7-11-17/h2-11,18-19H,12-14H2,1H3/t18-/m1/s1. The Balaban J connectivity index is 1.71. The molecule has 2 aromatic carbocycles. The number of carbonyl (C=O) groups is 1. The van der Waals surface area contributed by atoms with Crippen molar-refractivity contribution in [1.82, 2.24) is 10.3 Å². The number of hydrazine groups is 1. The van der Waals surface area contributed by atoms with E-state index in [2.05, 4.69) is 22.5 Å². The molecule has 0 spiro atoms. The molecular weight excluding hydrogens is 274 g/mol. The number of anilines is 1. The van der Waals surface area contributed by atoms with E-state index in [1.165, 1.54) is 5.56 Å². The fraction of sp³-hybridized carbons (Fsp3) is 0.278. The highest BCUT2D eigenvalue weighted by Crippen LogP contribution is 2.24. The second kappa shape index (κ2) is 6.62. The quantitative estimate of drug-likeness (QED) is 0.942. The molecule has 1 heterocycles. The Bertz CT molecular complexity index is 615. The molecule has 1 N–H and O–H groups in total. The van der Waals surface area contributed by atoms with Gasteiger partial charge in [-0.3, -0.25) is 15.1 Å². The number of hydrogen-bond donors (Lipinski definition) is 1. The van der Waals surface area contributed by atoms with Gasteiger partial charge in [-0.15, -0.1) is 0 Å². The predicted molar refractivity (Wildman–Crippen MR) is 88.0 cm³/mol. The van der Waals surface area contributed by atoms with E-state index in [-0.39, 0.29) is 12.1 Å². The maximum atomic E-state index is 12.1. The maximum absolute atomic E-state index is 12.1. The van der Waals surface area contributed by atoms with Crippen molar-refractivity contribution in [2.45, 2.75) is 26.1 Å². The normalized spacial score (nSPS) is 17.8. The van der Waals surface area contributed by atoms with Gasteiger partial charge in [-0.2, -0.15) is 0 Å². The Hall–Kier alpha value is -2.33. The number of benzene rings is 2. The minimum Gasteiger partial charge on any atom is -0.292 e. The number of para-hydroxylation sites is 1. The number of amides is 1. The first-order valence-electron chi connectivity index (χ1n) is 7.65. The van der Waals surface area contributed by atoms with E-state index in [4.69, 9.17) is 0 Å². The number of hydrogen-bond acceptors (Lipinski definition) is 3. The molecule has 0 aliphatic carbocycles. The van der Waals surface area contributed by atoms with Crippen LogP contribution in [-0.2, 0) is 11.3 Å². The summed E-state index contributed by atoms with van der Waals surface area (Å²) in [6.07, 6.45) is 0.958. The molecular formula is C18H21N3O. The third kappa shape index (κ3) is 3.12. The minimum absolute atomic E-state index is 0.0397. The van der Waals surface area contributed by atoms with Crippen molar-refractivity contribution in [2.24, 2.45) is 0 Å². The lowest BCUT2D eigenvalue weighted by Crippen LogP contribution is -2.50. The second-order valence-corrected chi connectivity index (χ2v) is 5.49. The average Bonchev–Trinajstić information content (AvgIpc) is 2.99. The summed E-state index contributed by atoms with van der Waals surface area (Å²) in [4.78, 5) is 12.1. The fourth-order valence-corrected chi connectivity index (χ4v) is 2.91. The lowest BCUT2D eigenvalue weighted by molar-refractivity contribution is -0.130. The van der Waals surface area contributed by atoms with E-state index in [1.54, 1.807) is 6.92 Å². The molecule has 3 rings (SSSR count). The molecule has 1 amide bonds. The molecule has 0 unspecified atom stereocenters. The van der Waals surface area contributed by atoms with Crippen molar-refractivity contribution in [3.8, 4) is 0 Å². The smallest absolute Gasteiger partial charge is 0.239 e. The van der Waals surface area contributed by atoms with Crippen LogP contribution in [0.15, 0.2) is 60.7 Å². The molecule has 1 fully saturated rings. The van der Waals surface area contributed by atoms with Gasteiger partial charge >= 0.3 is 0 Å². The van der Waals surface area contributed by atoms with Crippen molar-refractivity contribution in [1.29, 1.82) is 0 Å². The van der Waals surface area contributed by atoms with Gasteiger partial charge < -0.3 is 0 Å². The SMILES string of the molecule is CC(=O)N1[C@@H](NCc2ccccc2)CCN1c1ccccc1. The summed E-state index contributed by atoms with van der Waals surface area (Å²) in [5, 5.41) is 7.38. The van der Waals surface area contributed by atoms with E-state index in [0.29, 0.717) is 0 Å². The Morgan fingerprint density at radius 3 is 2.36 bits per heavy atom. The summed E-state index contributed by atoms with van der Waals surface area (Å²) in [7, 11) is 0. The monoisotopic (exact) mass is 295 g/mol. The molecule has 1 aliphatic rings. The van der Waals surface area contributed by atoms with Crippen LogP contribution in [0.25, 0.3) is 0 Å². The summed E-state index contributed by atoms with van der Waals surface area (Å²) in [5.41, 5.74) is 2.28. The summed E-state index contributed by atoms with van der Waals surface area (Å²) in [5.74, 6) is 0.0620. The van der Waals surface area contributed by atoms with E-state index in [9.17, 15) is 4.79 Å². The summed E-state index contributed by atoms with van der Waals surface area (Å²) in [6.45, 7) is 3.23. The number of nitrogens with zero attached hydrogens (tertiary/aromatic N) is 2. The summed E-state index contributed by atoms with van der Waals surface area (Å²) < 4.78 is 0. The number of nitrogens with one attached hydrogen (secondary N) is 1. The molecule has 114 valence electrons. The first kappa shape index (κ1) is 14.6. The van der Waals surface area contributed by atoms with Crippen molar-refractivity contribution < 1.29 is 4.79 Å². The van der Waals surface area contributed by atoms with Crippen LogP contribution in [0.3, 0.4) is 0 Å². The average molecular weight is 295 g/mol. The molecule has 1 saturated heterocycles. The van der Waals surface area contributed by atoms with Crippen LogP contribution in [0.1, 0.15) is 18.9 Å². The van der Waals surface area contributed by atoms with Crippen LogP contribution >= 0.6 is 0 Å². The van der Waals surface area contributed by atoms with Gasteiger partial charge in [0, 0.05) is 26.4 Å². The Labute approximate surface area is 131 Å². The van der Waals surface area contributed by atoms with Gasteiger partial charge in [-0.1, -0.05) is 48.5 Å². The highest BCUT2D eigenvalue weighted by atomic mass is 16.2. The zero-order valence-electron chi connectivity index (χ0n) is 12.8. The molecule has 1 atom stereocenters. The van der Waals surface area contributed by atoms with Crippen molar-refractivity contribution in [3.05, 3.63) is 66.2 Å². The van der Waals surface area contributed by atoms with Crippen molar-refractivity contribution >= 4 is 11.6 Å². The fourth-order valence-electron chi connectivity index (χ4n) is 2.91. The van der Waals surface area contributed by atoms with Gasteiger partial charge in [0.2, 0.25) is 5.91 Å². The molecule has 0 aromatic heterocycles. The number of rotatable bonds is 4. The maximum Gasteiger partial charge on any atom is 0.239 e. The molecule has 4 nitrogen and oxygen atoms in total. The second-order valence-electron chi connectivity index (χ2n) is 5.49. The highest BCUT2D eigenvalue weighted by Gasteiger charge is 2.33. The van der Waals surface area contributed by atoms with Crippen LogP contribution in [0.4, 0.5) is 5.69 Å². The van der Waals surface area contributed by atoms with Crippen LogP contribution < -0.4 is 10.3 Å². The van der Waals surface area contributed by atoms with Gasteiger partial charge in [0.15, 0.2) is 0 Å². The minimum atomic E-state index is 0.0397. The van der Waals surface area contributed by atoms with Gasteiger partial charge in [0.25, 0.3) is 0 Å². The van der Waals surface area contributed by atoms with Gasteiger partial charge in [0.05, 0.1) is 5.69 Å². The molecule has 0 radical (unpaired) electrons. The van der Waals surface area contributed by atoms with E-state index < -0.39 is 0 Å². The van der Waals surface area contributed by atoms with Gasteiger partial charge in [-0.05, 0) is 17.7 Å². The first-order valence-corrected chi connectivity index (χ1v) is 7.65. The van der Waals surface area contributed by atoms with E-state index >= 15 is 0 Å². The van der Waals surface area contributed by atoms with Gasteiger partial charge in [-0.25, -0.2) is 5.01 Å². The van der Waals surface area contributed by atoms with Crippen LogP contribution in [0.2, 0.25) is 0 Å². The third-order valence-electron chi connectivity index (χ3n) is 3.93. The predicted octanol–water partition coefficient (Wildman–Crippen LogP) is 2.78. The lowest BCUT2D eigenvalue weighted by Gasteiger charge is -2.33. The number of carbonyl (C=O) groups excluding carboxylic acids is 1. The largest absolute Gasteiger partial charge is 0.292 e. The molecule has 1 aliphatic heterocycles. The van der Waals surface area contributed by atoms with Crippen molar-refractivity contribution in [3.63, 3.8) is 0 Å². The molecule has 0 saturated carbocycles. The van der Waals surface area contributed by atoms with Crippen LogP contribution in [0.5, 0.6) is 0 Å². The zero-order valence-corrected chi connectivity index (χ0v) is 12.8. The summed E-state index contributed by atoms with van der Waals surface area (Å²) >= 11 is 0. The van der Waals surface area contributed by atoms with E-state index in [0.717, 1.165) is 25.2 Å². The highest BCUT2D eigenvalue weighted by molar-refractivity contribution is 5.76. The Morgan fingerprint density at radius 1 is 1.09 bits per heavy atom. The molecule has 22 heavy (non-hydrogen) atoms. The topological polar surface area (TPSA) is 35.6 Å². The third-order valence-corrected chi connectivity index (χ3v) is 3.93.